The largest absolute Gasteiger partial charge is 0.438 e. The van der Waals surface area contributed by atoms with Gasteiger partial charge in [-0.05, 0) is 55.8 Å². The third-order valence-electron chi connectivity index (χ3n) is 4.41. The summed E-state index contributed by atoms with van der Waals surface area (Å²) in [4.78, 5) is 0. The van der Waals surface area contributed by atoms with Crippen molar-refractivity contribution in [1.29, 1.82) is 0 Å². The number of hydrogen-bond acceptors (Lipinski definition) is 6. The summed E-state index contributed by atoms with van der Waals surface area (Å²) in [6.07, 6.45) is 1.80. The number of nitrogens with zero attached hydrogens (tertiary/aromatic N) is 4. The highest BCUT2D eigenvalue weighted by molar-refractivity contribution is 7.91. The van der Waals surface area contributed by atoms with Crippen molar-refractivity contribution in [2.45, 2.75) is 19.6 Å². The van der Waals surface area contributed by atoms with Gasteiger partial charge < -0.3 is 4.74 Å². The molecule has 4 aromatic rings. The molecule has 0 saturated heterocycles. The van der Waals surface area contributed by atoms with E-state index in [0.29, 0.717) is 23.1 Å². The minimum absolute atomic E-state index is 0.0940. The second-order valence-corrected chi connectivity index (χ2v) is 8.83. The van der Waals surface area contributed by atoms with Crippen molar-refractivity contribution in [1.82, 2.24) is 20.0 Å². The van der Waals surface area contributed by atoms with Crippen molar-refractivity contribution in [3.05, 3.63) is 89.7 Å². The Kier molecular flexibility index (Phi) is 5.68. The molecule has 0 bridgehead atoms. The molecule has 1 N–H and O–H groups in total. The zero-order chi connectivity index (χ0) is 21.8. The van der Waals surface area contributed by atoms with Crippen LogP contribution in [0.3, 0.4) is 0 Å². The lowest BCUT2D eigenvalue weighted by Gasteiger charge is -2.10. The second kappa shape index (κ2) is 8.57. The normalized spacial score (nSPS) is 11.3. The van der Waals surface area contributed by atoms with Gasteiger partial charge in [0.15, 0.2) is 5.82 Å². The zero-order valence-electron chi connectivity index (χ0n) is 17.1. The van der Waals surface area contributed by atoms with Crippen LogP contribution in [0.4, 0.5) is 5.69 Å². The standard InChI is InChI=1S/C22H21N5O3S/c1-16-3-5-18(6-4-16)15-31(28,29)26-19-7-9-20(10-8-19)30-22-12-11-21(23-24-22)27-14-13-17(2)25-27/h3-14,26H,15H2,1-2H3. The SMILES string of the molecule is Cc1ccc(CS(=O)(=O)Nc2ccc(Oc3ccc(-n4ccc(C)n4)nn3)cc2)cc1. The number of aromatic nitrogens is 4. The minimum Gasteiger partial charge on any atom is -0.438 e. The van der Waals surface area contributed by atoms with E-state index in [2.05, 4.69) is 20.0 Å². The number of rotatable bonds is 7. The average Bonchev–Trinajstić information content (AvgIpc) is 3.18. The highest BCUT2D eigenvalue weighted by atomic mass is 32.2. The maximum absolute atomic E-state index is 12.4. The molecule has 0 aliphatic rings. The topological polar surface area (TPSA) is 99.0 Å². The first-order valence-corrected chi connectivity index (χ1v) is 11.2. The third kappa shape index (κ3) is 5.46. The summed E-state index contributed by atoms with van der Waals surface area (Å²) in [5.41, 5.74) is 3.15. The second-order valence-electron chi connectivity index (χ2n) is 7.10. The lowest BCUT2D eigenvalue weighted by molar-refractivity contribution is 0.454. The predicted octanol–water partition coefficient (Wildman–Crippen LogP) is 4.01. The summed E-state index contributed by atoms with van der Waals surface area (Å²) < 4.78 is 34.7. The van der Waals surface area contributed by atoms with E-state index >= 15 is 0 Å². The van der Waals surface area contributed by atoms with Crippen LogP contribution in [0, 0.1) is 13.8 Å². The van der Waals surface area contributed by atoms with Crippen LogP contribution in [-0.2, 0) is 15.8 Å². The lowest BCUT2D eigenvalue weighted by atomic mass is 10.2. The molecule has 2 aromatic carbocycles. The fourth-order valence-corrected chi connectivity index (χ4v) is 4.06. The quantitative estimate of drug-likeness (QED) is 0.471. The maximum atomic E-state index is 12.4. The van der Waals surface area contributed by atoms with Gasteiger partial charge in [0.2, 0.25) is 15.9 Å². The zero-order valence-corrected chi connectivity index (χ0v) is 17.9. The summed E-state index contributed by atoms with van der Waals surface area (Å²) in [5.74, 6) is 1.32. The van der Waals surface area contributed by atoms with E-state index in [4.69, 9.17) is 4.74 Å². The van der Waals surface area contributed by atoms with Crippen molar-refractivity contribution in [3.63, 3.8) is 0 Å². The van der Waals surface area contributed by atoms with E-state index in [9.17, 15) is 8.42 Å². The Morgan fingerprint density at radius 2 is 1.65 bits per heavy atom. The summed E-state index contributed by atoms with van der Waals surface area (Å²) in [6, 6.07) is 19.3. The first-order chi connectivity index (χ1) is 14.9. The molecule has 0 aliphatic heterocycles. The fourth-order valence-electron chi connectivity index (χ4n) is 2.86. The Hall–Kier alpha value is -3.72. The van der Waals surface area contributed by atoms with Gasteiger partial charge in [0.25, 0.3) is 0 Å². The first-order valence-electron chi connectivity index (χ1n) is 9.57. The molecule has 2 heterocycles. The summed E-state index contributed by atoms with van der Waals surface area (Å²) in [5, 5.41) is 12.4. The Morgan fingerprint density at radius 1 is 0.903 bits per heavy atom. The molecular formula is C22H21N5O3S. The number of nitrogens with one attached hydrogen (secondary N) is 1. The van der Waals surface area contributed by atoms with E-state index in [0.717, 1.165) is 16.8 Å². The van der Waals surface area contributed by atoms with Crippen molar-refractivity contribution in [2.75, 3.05) is 4.72 Å². The molecule has 0 unspecified atom stereocenters. The van der Waals surface area contributed by atoms with E-state index in [1.807, 2.05) is 44.2 Å². The van der Waals surface area contributed by atoms with Gasteiger partial charge in [-0.2, -0.15) is 5.10 Å². The summed E-state index contributed by atoms with van der Waals surface area (Å²) in [6.45, 7) is 3.86. The van der Waals surface area contributed by atoms with Crippen LogP contribution in [-0.4, -0.2) is 28.4 Å². The average molecular weight is 436 g/mol. The Labute approximate surface area is 180 Å². The van der Waals surface area contributed by atoms with Crippen LogP contribution in [0.25, 0.3) is 5.82 Å². The van der Waals surface area contributed by atoms with Gasteiger partial charge in [0.1, 0.15) is 5.75 Å². The maximum Gasteiger partial charge on any atom is 0.238 e. The number of anilines is 1. The van der Waals surface area contributed by atoms with E-state index in [1.54, 1.807) is 47.3 Å². The van der Waals surface area contributed by atoms with Crippen LogP contribution < -0.4 is 9.46 Å². The molecule has 0 spiro atoms. The molecule has 0 amide bonds. The number of hydrogen-bond donors (Lipinski definition) is 1. The Balaban J connectivity index is 1.38. The molecule has 158 valence electrons. The van der Waals surface area contributed by atoms with Gasteiger partial charge in [-0.1, -0.05) is 29.8 Å². The predicted molar refractivity (Wildman–Crippen MR) is 118 cm³/mol. The fraction of sp³-hybridized carbons (Fsp3) is 0.136. The monoisotopic (exact) mass is 435 g/mol. The summed E-state index contributed by atoms with van der Waals surface area (Å²) >= 11 is 0. The van der Waals surface area contributed by atoms with E-state index in [-0.39, 0.29) is 5.75 Å². The summed E-state index contributed by atoms with van der Waals surface area (Å²) in [7, 11) is -3.52. The molecule has 0 aliphatic carbocycles. The van der Waals surface area contributed by atoms with Crippen molar-refractivity contribution in [2.24, 2.45) is 0 Å². The van der Waals surface area contributed by atoms with Crippen molar-refractivity contribution < 1.29 is 13.2 Å². The van der Waals surface area contributed by atoms with Crippen molar-refractivity contribution in [3.8, 4) is 17.4 Å². The molecule has 31 heavy (non-hydrogen) atoms. The van der Waals surface area contributed by atoms with Gasteiger partial charge in [-0.3, -0.25) is 4.72 Å². The van der Waals surface area contributed by atoms with Crippen LogP contribution in [0.1, 0.15) is 16.8 Å². The number of ether oxygens (including phenoxy) is 1. The van der Waals surface area contributed by atoms with E-state index < -0.39 is 10.0 Å². The highest BCUT2D eigenvalue weighted by Crippen LogP contribution is 2.22. The van der Waals surface area contributed by atoms with Gasteiger partial charge in [0, 0.05) is 18.0 Å². The molecule has 0 fully saturated rings. The number of aryl methyl sites for hydroxylation is 2. The number of sulfonamides is 1. The van der Waals surface area contributed by atoms with Crippen LogP contribution in [0.15, 0.2) is 72.9 Å². The molecule has 0 radical (unpaired) electrons. The molecule has 8 nitrogen and oxygen atoms in total. The van der Waals surface area contributed by atoms with Gasteiger partial charge in [-0.25, -0.2) is 13.1 Å². The molecule has 2 aromatic heterocycles. The van der Waals surface area contributed by atoms with Crippen molar-refractivity contribution >= 4 is 15.7 Å². The van der Waals surface area contributed by atoms with Gasteiger partial charge in [-0.15, -0.1) is 10.2 Å². The Morgan fingerprint density at radius 3 is 2.26 bits per heavy atom. The first kappa shape index (κ1) is 20.5. The van der Waals surface area contributed by atoms with Gasteiger partial charge >= 0.3 is 0 Å². The number of benzene rings is 2. The molecule has 4 rings (SSSR count). The molecule has 0 saturated carbocycles. The third-order valence-corrected chi connectivity index (χ3v) is 5.67. The smallest absolute Gasteiger partial charge is 0.238 e. The molecular weight excluding hydrogens is 414 g/mol. The minimum atomic E-state index is -3.52. The highest BCUT2D eigenvalue weighted by Gasteiger charge is 2.12. The van der Waals surface area contributed by atoms with Crippen LogP contribution >= 0.6 is 0 Å². The lowest BCUT2D eigenvalue weighted by Crippen LogP contribution is -2.15. The molecule has 9 heteroatoms. The Bertz CT molecular complexity index is 1270. The van der Waals surface area contributed by atoms with Crippen LogP contribution in [0.2, 0.25) is 0 Å². The van der Waals surface area contributed by atoms with E-state index in [1.165, 1.54) is 0 Å². The molecule has 0 atom stereocenters. The van der Waals surface area contributed by atoms with Gasteiger partial charge in [0.05, 0.1) is 11.4 Å². The van der Waals surface area contributed by atoms with Crippen LogP contribution in [0.5, 0.6) is 11.6 Å².